The van der Waals surface area contributed by atoms with Crippen molar-refractivity contribution >= 4 is 17.6 Å². The molecular weight excluding hydrogens is 413 g/mol. The Kier molecular flexibility index (Phi) is 6.01. The van der Waals surface area contributed by atoms with Crippen LogP contribution in [0.5, 0.6) is 0 Å². The van der Waals surface area contributed by atoms with Gasteiger partial charge < -0.3 is 21.1 Å². The number of ether oxygens (including phenoxy) is 1. The smallest absolute Gasteiger partial charge is 0.254 e. The van der Waals surface area contributed by atoms with Crippen molar-refractivity contribution in [1.29, 1.82) is 0 Å². The van der Waals surface area contributed by atoms with E-state index in [2.05, 4.69) is 6.58 Å². The summed E-state index contributed by atoms with van der Waals surface area (Å²) in [6.07, 6.45) is 3.83. The predicted octanol–water partition coefficient (Wildman–Crippen LogP) is 1.78. The molecule has 0 spiro atoms. The fourth-order valence-corrected chi connectivity index (χ4v) is 4.93. The van der Waals surface area contributed by atoms with Crippen LogP contribution in [0.1, 0.15) is 45.9 Å². The highest BCUT2D eigenvalue weighted by Gasteiger charge is 2.36. The van der Waals surface area contributed by atoms with E-state index in [-0.39, 0.29) is 41.2 Å². The monoisotopic (exact) mass is 441 g/mol. The molecule has 4 rings (SSSR count). The van der Waals surface area contributed by atoms with E-state index in [4.69, 9.17) is 21.3 Å². The summed E-state index contributed by atoms with van der Waals surface area (Å²) in [5.74, 6) is -0.928. The molecule has 1 aliphatic heterocycles. The summed E-state index contributed by atoms with van der Waals surface area (Å²) >= 11 is 0. The van der Waals surface area contributed by atoms with Crippen LogP contribution in [-0.2, 0) is 28.9 Å². The molecule has 2 aromatic rings. The second kappa shape index (κ2) is 8.74. The largest absolute Gasteiger partial charge is 0.383 e. The minimum Gasteiger partial charge on any atom is -0.383 e. The third-order valence-electron chi connectivity index (χ3n) is 6.60. The second-order valence-corrected chi connectivity index (χ2v) is 8.49. The summed E-state index contributed by atoms with van der Waals surface area (Å²) < 4.78 is 20.6. The molecule has 8 nitrogen and oxygen atoms in total. The Hall–Kier alpha value is -3.20. The van der Waals surface area contributed by atoms with Gasteiger partial charge in [-0.3, -0.25) is 9.59 Å². The molecule has 2 aliphatic rings. The lowest BCUT2D eigenvalue weighted by molar-refractivity contribution is -0.127. The number of halogens is 1. The highest BCUT2D eigenvalue weighted by atomic mass is 19.1. The number of hydrogen-bond donors (Lipinski definition) is 2. The molecule has 32 heavy (non-hydrogen) atoms. The lowest BCUT2D eigenvalue weighted by Crippen LogP contribution is -2.37. The molecule has 2 amide bonds. The number of nitrogens with two attached hydrogens (primary N) is 2. The Labute approximate surface area is 186 Å². The molecule has 170 valence electrons. The van der Waals surface area contributed by atoms with Gasteiger partial charge in [0.05, 0.1) is 24.4 Å². The molecule has 1 aromatic carbocycles. The summed E-state index contributed by atoms with van der Waals surface area (Å²) in [7, 11) is 1.61. The summed E-state index contributed by atoms with van der Waals surface area (Å²) in [5, 5.41) is 4.69. The first-order chi connectivity index (χ1) is 15.3. The van der Waals surface area contributed by atoms with E-state index in [1.807, 2.05) is 0 Å². The van der Waals surface area contributed by atoms with Crippen LogP contribution in [0.25, 0.3) is 0 Å². The molecule has 2 heterocycles. The third kappa shape index (κ3) is 4.00. The zero-order valence-corrected chi connectivity index (χ0v) is 18.1. The molecule has 3 atom stereocenters. The van der Waals surface area contributed by atoms with Crippen LogP contribution in [0, 0.1) is 5.82 Å². The van der Waals surface area contributed by atoms with Gasteiger partial charge in [-0.25, -0.2) is 9.07 Å². The average Bonchev–Trinajstić information content (AvgIpc) is 3.34. The number of rotatable bonds is 6. The standard InChI is InChI=1S/C23H28FN5O3/c1-3-19(30)28-12-18(32-2)10-17(28)11-29-22(25)20(23(26)31)21(27-29)15-5-4-14-9-16(24)7-6-13(14)8-15/h3,6-7,9,15,17-18H,1,4-5,8,10-12,25H2,2H3,(H2,26,31)/t15?,17-,18+/m0/s1. The van der Waals surface area contributed by atoms with Crippen molar-refractivity contribution in [2.75, 3.05) is 19.4 Å². The van der Waals surface area contributed by atoms with Crippen molar-refractivity contribution in [2.45, 2.75) is 50.3 Å². The number of carbonyl (C=O) groups excluding carboxylic acids is 2. The minimum absolute atomic E-state index is 0.0553. The molecule has 1 unspecified atom stereocenters. The Morgan fingerprint density at radius 2 is 2.16 bits per heavy atom. The van der Waals surface area contributed by atoms with Crippen molar-refractivity contribution in [3.63, 3.8) is 0 Å². The summed E-state index contributed by atoms with van der Waals surface area (Å²) in [5.41, 5.74) is 14.8. The van der Waals surface area contributed by atoms with Crippen molar-refractivity contribution in [3.8, 4) is 0 Å². The van der Waals surface area contributed by atoms with E-state index in [9.17, 15) is 14.0 Å². The van der Waals surface area contributed by atoms with Crippen LogP contribution in [0.4, 0.5) is 10.2 Å². The third-order valence-corrected chi connectivity index (χ3v) is 6.60. The Bertz CT molecular complexity index is 1070. The lowest BCUT2D eigenvalue weighted by atomic mass is 9.81. The zero-order chi connectivity index (χ0) is 23.0. The van der Waals surface area contributed by atoms with Gasteiger partial charge in [-0.2, -0.15) is 5.10 Å². The maximum absolute atomic E-state index is 13.6. The molecular formula is C23H28FN5O3. The summed E-state index contributed by atoms with van der Waals surface area (Å²) in [6, 6.07) is 4.59. The van der Waals surface area contributed by atoms with Crippen molar-refractivity contribution in [2.24, 2.45) is 5.73 Å². The number of nitrogen functional groups attached to an aromatic ring is 1. The van der Waals surface area contributed by atoms with Crippen LogP contribution in [0.15, 0.2) is 30.9 Å². The quantitative estimate of drug-likeness (QED) is 0.663. The van der Waals surface area contributed by atoms with Gasteiger partial charge in [0.2, 0.25) is 5.91 Å². The maximum Gasteiger partial charge on any atom is 0.254 e. The van der Waals surface area contributed by atoms with Crippen LogP contribution in [0.2, 0.25) is 0 Å². The molecule has 0 saturated carbocycles. The summed E-state index contributed by atoms with van der Waals surface area (Å²) in [4.78, 5) is 26.3. The number of nitrogens with zero attached hydrogens (tertiary/aromatic N) is 3. The normalized spacial score (nSPS) is 22.6. The van der Waals surface area contributed by atoms with Crippen molar-refractivity contribution in [3.05, 3.63) is 59.1 Å². The van der Waals surface area contributed by atoms with Gasteiger partial charge >= 0.3 is 0 Å². The zero-order valence-electron chi connectivity index (χ0n) is 18.1. The molecule has 1 fully saturated rings. The average molecular weight is 442 g/mol. The first kappa shape index (κ1) is 22.0. The van der Waals surface area contributed by atoms with Gasteiger partial charge in [-0.05, 0) is 55.0 Å². The number of methoxy groups -OCH3 is 1. The number of aromatic nitrogens is 2. The number of fused-ring (bicyclic) bond motifs is 1. The van der Waals surface area contributed by atoms with Crippen LogP contribution in [0.3, 0.4) is 0 Å². The van der Waals surface area contributed by atoms with Gasteiger partial charge in [0.1, 0.15) is 17.2 Å². The molecule has 0 bridgehead atoms. The molecule has 4 N–H and O–H groups in total. The number of carbonyl (C=O) groups is 2. The minimum atomic E-state index is -0.631. The molecule has 1 aromatic heterocycles. The number of aryl methyl sites for hydroxylation is 1. The van der Waals surface area contributed by atoms with Crippen LogP contribution < -0.4 is 11.5 Å². The molecule has 1 aliphatic carbocycles. The maximum atomic E-state index is 13.6. The second-order valence-electron chi connectivity index (χ2n) is 8.49. The predicted molar refractivity (Wildman–Crippen MR) is 117 cm³/mol. The molecule has 0 radical (unpaired) electrons. The number of primary amides is 1. The van der Waals surface area contributed by atoms with E-state index in [1.165, 1.54) is 12.1 Å². The number of amides is 2. The van der Waals surface area contributed by atoms with E-state index < -0.39 is 5.91 Å². The van der Waals surface area contributed by atoms with E-state index in [0.717, 1.165) is 11.1 Å². The topological polar surface area (TPSA) is 116 Å². The van der Waals surface area contributed by atoms with Crippen molar-refractivity contribution in [1.82, 2.24) is 14.7 Å². The van der Waals surface area contributed by atoms with E-state index >= 15 is 0 Å². The summed E-state index contributed by atoms with van der Waals surface area (Å²) in [6.45, 7) is 4.35. The highest BCUT2D eigenvalue weighted by molar-refractivity contribution is 5.98. The van der Waals surface area contributed by atoms with Crippen molar-refractivity contribution < 1.29 is 18.7 Å². The Morgan fingerprint density at radius 3 is 2.84 bits per heavy atom. The van der Waals surface area contributed by atoms with Gasteiger partial charge in [0, 0.05) is 19.6 Å². The van der Waals surface area contributed by atoms with Crippen LogP contribution in [-0.4, -0.2) is 52.3 Å². The fourth-order valence-electron chi connectivity index (χ4n) is 4.93. The van der Waals surface area contributed by atoms with Gasteiger partial charge in [-0.1, -0.05) is 12.6 Å². The number of anilines is 1. The van der Waals surface area contributed by atoms with E-state index in [1.54, 1.807) is 28.8 Å². The molecule has 1 saturated heterocycles. The van der Waals surface area contributed by atoms with Gasteiger partial charge in [0.15, 0.2) is 0 Å². The van der Waals surface area contributed by atoms with Crippen LogP contribution >= 0.6 is 0 Å². The first-order valence-corrected chi connectivity index (χ1v) is 10.7. The number of hydrogen-bond acceptors (Lipinski definition) is 5. The fraction of sp³-hybridized carbons (Fsp3) is 0.435. The SMILES string of the molecule is C=CC(=O)N1C[C@H](OC)C[C@H]1Cn1nc(C2CCc3cc(F)ccc3C2)c(C(N)=O)c1N. The van der Waals surface area contributed by atoms with Gasteiger partial charge in [0.25, 0.3) is 5.91 Å². The van der Waals surface area contributed by atoms with E-state index in [0.29, 0.717) is 44.5 Å². The first-order valence-electron chi connectivity index (χ1n) is 10.7. The number of likely N-dealkylation sites (tertiary alicyclic amines) is 1. The van der Waals surface area contributed by atoms with Gasteiger partial charge in [-0.15, -0.1) is 0 Å². The lowest BCUT2D eigenvalue weighted by Gasteiger charge is -2.24. The number of benzene rings is 1. The highest BCUT2D eigenvalue weighted by Crippen LogP contribution is 2.36. The Balaban J connectivity index is 1.63. The molecule has 9 heteroatoms. The Morgan fingerprint density at radius 1 is 1.38 bits per heavy atom.